The molecule has 2 N–H and O–H groups in total. The third-order valence-electron chi connectivity index (χ3n) is 5.49. The lowest BCUT2D eigenvalue weighted by Gasteiger charge is -2.32. The first-order chi connectivity index (χ1) is 13.2. The normalized spacial score (nSPS) is 18.7. The largest absolute Gasteiger partial charge is 0.494 e. The van der Waals surface area contributed by atoms with Gasteiger partial charge in [-0.25, -0.2) is 0 Å². The lowest BCUT2D eigenvalue weighted by atomic mass is 9.78. The molecule has 6 heteroatoms. The lowest BCUT2D eigenvalue weighted by molar-refractivity contribution is -0.146. The van der Waals surface area contributed by atoms with Crippen LogP contribution in [0, 0.1) is 0 Å². The monoisotopic (exact) mass is 381 g/mol. The van der Waals surface area contributed by atoms with Crippen LogP contribution in [0.15, 0.2) is 54.6 Å². The second-order valence-electron chi connectivity index (χ2n) is 8.23. The van der Waals surface area contributed by atoms with Gasteiger partial charge < -0.3 is 19.8 Å². The second kappa shape index (κ2) is 8.07. The molecule has 1 saturated heterocycles. The molecule has 1 aliphatic rings. The molecule has 0 amide bonds. The fourth-order valence-corrected chi connectivity index (χ4v) is 2.96. The minimum absolute atomic E-state index is 0.230. The van der Waals surface area contributed by atoms with Crippen LogP contribution < -0.4 is 11.2 Å². The third kappa shape index (κ3) is 4.63. The Balaban J connectivity index is 1.54. The Hall–Kier alpha value is -2.15. The minimum Gasteiger partial charge on any atom is -0.460 e. The van der Waals surface area contributed by atoms with Crippen molar-refractivity contribution in [2.24, 2.45) is 5.73 Å². The van der Waals surface area contributed by atoms with Gasteiger partial charge in [0.25, 0.3) is 0 Å². The first kappa shape index (κ1) is 20.6. The molecule has 0 saturated carbocycles. The Morgan fingerprint density at radius 2 is 1.54 bits per heavy atom. The summed E-state index contributed by atoms with van der Waals surface area (Å²) < 4.78 is 17.4. The average molecular weight is 381 g/mol. The molecule has 0 spiro atoms. The van der Waals surface area contributed by atoms with Crippen LogP contribution in [0.2, 0.25) is 0 Å². The molecule has 0 aromatic heterocycles. The number of rotatable bonds is 6. The molecule has 0 bridgehead atoms. The average Bonchev–Trinajstić information content (AvgIpc) is 2.88. The predicted octanol–water partition coefficient (Wildman–Crippen LogP) is 2.60. The zero-order valence-electron chi connectivity index (χ0n) is 17.0. The van der Waals surface area contributed by atoms with E-state index in [4.69, 9.17) is 19.8 Å². The number of hydrogen-bond acceptors (Lipinski definition) is 5. The van der Waals surface area contributed by atoms with Gasteiger partial charge in [0.15, 0.2) is 0 Å². The number of carbonyl (C=O) groups is 1. The van der Waals surface area contributed by atoms with Crippen molar-refractivity contribution in [3.63, 3.8) is 0 Å². The van der Waals surface area contributed by atoms with Gasteiger partial charge in [0.05, 0.1) is 11.2 Å². The number of hydrogen-bond donors (Lipinski definition) is 1. The SMILES string of the molecule is CC1(C)OB(c2ccc(C[C@H](N)C(=O)OCc3ccccc3)cc2)OC1(C)C. The molecule has 1 fully saturated rings. The fraction of sp³-hybridized carbons (Fsp3) is 0.409. The molecule has 2 aromatic rings. The van der Waals surface area contributed by atoms with Crippen LogP contribution in [0.1, 0.15) is 38.8 Å². The zero-order chi connectivity index (χ0) is 20.4. The minimum atomic E-state index is -0.702. The van der Waals surface area contributed by atoms with E-state index in [1.807, 2.05) is 82.3 Å². The van der Waals surface area contributed by atoms with Gasteiger partial charge in [0.2, 0.25) is 0 Å². The summed E-state index contributed by atoms with van der Waals surface area (Å²) in [4.78, 5) is 12.2. The van der Waals surface area contributed by atoms with Gasteiger partial charge in [-0.2, -0.15) is 0 Å². The number of nitrogens with two attached hydrogens (primary N) is 1. The van der Waals surface area contributed by atoms with Crippen molar-refractivity contribution in [1.29, 1.82) is 0 Å². The van der Waals surface area contributed by atoms with Crippen LogP contribution in [0.3, 0.4) is 0 Å². The van der Waals surface area contributed by atoms with E-state index in [9.17, 15) is 4.79 Å². The van der Waals surface area contributed by atoms with E-state index >= 15 is 0 Å². The van der Waals surface area contributed by atoms with E-state index in [2.05, 4.69) is 0 Å². The zero-order valence-corrected chi connectivity index (χ0v) is 17.0. The van der Waals surface area contributed by atoms with Gasteiger partial charge in [-0.15, -0.1) is 0 Å². The van der Waals surface area contributed by atoms with Crippen molar-refractivity contribution in [3.05, 3.63) is 65.7 Å². The number of ether oxygens (including phenoxy) is 1. The van der Waals surface area contributed by atoms with Gasteiger partial charge in [-0.1, -0.05) is 54.6 Å². The van der Waals surface area contributed by atoms with Crippen molar-refractivity contribution >= 4 is 18.6 Å². The first-order valence-electron chi connectivity index (χ1n) is 9.58. The highest BCUT2D eigenvalue weighted by Crippen LogP contribution is 2.36. The van der Waals surface area contributed by atoms with E-state index in [1.165, 1.54) is 0 Å². The molecule has 3 rings (SSSR count). The van der Waals surface area contributed by atoms with Crippen LogP contribution in [-0.4, -0.2) is 30.3 Å². The second-order valence-corrected chi connectivity index (χ2v) is 8.23. The highest BCUT2D eigenvalue weighted by atomic mass is 16.7. The Morgan fingerprint density at radius 1 is 0.964 bits per heavy atom. The smallest absolute Gasteiger partial charge is 0.460 e. The van der Waals surface area contributed by atoms with E-state index in [0.717, 1.165) is 16.6 Å². The van der Waals surface area contributed by atoms with Crippen molar-refractivity contribution in [2.75, 3.05) is 0 Å². The van der Waals surface area contributed by atoms with E-state index < -0.39 is 19.1 Å². The van der Waals surface area contributed by atoms with E-state index in [0.29, 0.717) is 6.42 Å². The van der Waals surface area contributed by atoms with Crippen molar-refractivity contribution < 1.29 is 18.8 Å². The van der Waals surface area contributed by atoms with Gasteiger partial charge in [-0.3, -0.25) is 4.79 Å². The summed E-state index contributed by atoms with van der Waals surface area (Å²) >= 11 is 0. The Bertz CT molecular complexity index is 789. The van der Waals surface area contributed by atoms with Crippen LogP contribution in [-0.2, 0) is 31.9 Å². The molecule has 28 heavy (non-hydrogen) atoms. The molecule has 0 unspecified atom stereocenters. The quantitative estimate of drug-likeness (QED) is 0.615. The maximum Gasteiger partial charge on any atom is 0.494 e. The molecule has 2 aromatic carbocycles. The summed E-state index contributed by atoms with van der Waals surface area (Å²) in [5.41, 5.74) is 8.12. The maximum atomic E-state index is 12.2. The van der Waals surface area contributed by atoms with Crippen LogP contribution in [0.4, 0.5) is 0 Å². The summed E-state index contributed by atoms with van der Waals surface area (Å²) in [5.74, 6) is -0.404. The molecule has 1 heterocycles. The molecular weight excluding hydrogens is 353 g/mol. The number of esters is 1. The highest BCUT2D eigenvalue weighted by molar-refractivity contribution is 6.62. The molecule has 1 atom stereocenters. The molecular formula is C22H28BNO4. The van der Waals surface area contributed by atoms with E-state index in [1.54, 1.807) is 0 Å². The number of carbonyl (C=O) groups excluding carboxylic acids is 1. The Kier molecular flexibility index (Phi) is 5.94. The molecule has 0 aliphatic carbocycles. The predicted molar refractivity (Wildman–Crippen MR) is 110 cm³/mol. The summed E-state index contributed by atoms with van der Waals surface area (Å²) in [5, 5.41) is 0. The van der Waals surface area contributed by atoms with Gasteiger partial charge in [0.1, 0.15) is 12.6 Å². The topological polar surface area (TPSA) is 70.8 Å². The van der Waals surface area contributed by atoms with Gasteiger partial charge in [0, 0.05) is 0 Å². The third-order valence-corrected chi connectivity index (χ3v) is 5.49. The Labute approximate surface area is 167 Å². The summed E-state index contributed by atoms with van der Waals surface area (Å²) in [6, 6.07) is 16.7. The van der Waals surface area contributed by atoms with Gasteiger partial charge in [-0.05, 0) is 50.7 Å². The van der Waals surface area contributed by atoms with Crippen molar-refractivity contribution in [2.45, 2.75) is 58.0 Å². The maximum absolute atomic E-state index is 12.2. The first-order valence-corrected chi connectivity index (χ1v) is 9.58. The van der Waals surface area contributed by atoms with Crippen molar-refractivity contribution in [3.8, 4) is 0 Å². The lowest BCUT2D eigenvalue weighted by Crippen LogP contribution is -2.41. The van der Waals surface area contributed by atoms with Gasteiger partial charge >= 0.3 is 13.1 Å². The Morgan fingerprint density at radius 3 is 2.11 bits per heavy atom. The molecule has 1 aliphatic heterocycles. The van der Waals surface area contributed by atoms with Crippen LogP contribution in [0.5, 0.6) is 0 Å². The summed E-state index contributed by atoms with van der Waals surface area (Å²) in [6.07, 6.45) is 0.414. The van der Waals surface area contributed by atoms with Crippen molar-refractivity contribution in [1.82, 2.24) is 0 Å². The summed E-state index contributed by atoms with van der Waals surface area (Å²) in [6.45, 7) is 8.35. The highest BCUT2D eigenvalue weighted by Gasteiger charge is 2.51. The molecule has 5 nitrogen and oxygen atoms in total. The standard InChI is InChI=1S/C22H28BNO4/c1-21(2)22(3,4)28-23(27-21)18-12-10-16(11-13-18)14-19(24)20(25)26-15-17-8-6-5-7-9-17/h5-13,19H,14-15,24H2,1-4H3/t19-/m0/s1. The van der Waals surface area contributed by atoms with Crippen LogP contribution >= 0.6 is 0 Å². The number of benzene rings is 2. The molecule has 148 valence electrons. The fourth-order valence-electron chi connectivity index (χ4n) is 2.96. The van der Waals surface area contributed by atoms with Crippen LogP contribution in [0.25, 0.3) is 0 Å². The summed E-state index contributed by atoms with van der Waals surface area (Å²) in [7, 11) is -0.399. The van der Waals surface area contributed by atoms with E-state index in [-0.39, 0.29) is 17.8 Å². The molecule has 0 radical (unpaired) electrons.